The Morgan fingerprint density at radius 3 is 3.23 bits per heavy atom. The average Bonchev–Trinajstić information content (AvgIpc) is 2.27. The van der Waals surface area contributed by atoms with Crippen LogP contribution in [0, 0.1) is 6.85 Å². The van der Waals surface area contributed by atoms with Gasteiger partial charge in [0.2, 0.25) is 0 Å². The van der Waals surface area contributed by atoms with Crippen molar-refractivity contribution in [3.05, 3.63) is 28.7 Å². The third-order valence-electron chi connectivity index (χ3n) is 1.09. The third-order valence-corrected chi connectivity index (χ3v) is 1.28. The summed E-state index contributed by atoms with van der Waals surface area (Å²) in [6.45, 7) is -3.69. The van der Waals surface area contributed by atoms with Gasteiger partial charge < -0.3 is 9.84 Å². The van der Waals surface area contributed by atoms with Crippen molar-refractivity contribution < 1.29 is 22.9 Å². The molecule has 0 atom stereocenters. The topological polar surface area (TPSA) is 46.5 Å². The number of rotatable bonds is 3. The second-order valence-electron chi connectivity index (χ2n) is 2.08. The molecule has 0 aliphatic heterocycles. The van der Waals surface area contributed by atoms with E-state index in [0.29, 0.717) is 0 Å². The highest BCUT2D eigenvalue weighted by molar-refractivity contribution is 6.30. The Hall–Kier alpha value is -1.22. The molecule has 3 nitrogen and oxygen atoms in total. The van der Waals surface area contributed by atoms with Gasteiger partial charge in [0, 0.05) is 9.13 Å². The third kappa shape index (κ3) is 2.95. The van der Waals surface area contributed by atoms with Crippen molar-refractivity contribution in [3.8, 4) is 5.75 Å². The van der Waals surface area contributed by atoms with Crippen molar-refractivity contribution in [2.24, 2.45) is 0 Å². The van der Waals surface area contributed by atoms with Crippen LogP contribution in [0.15, 0.2) is 18.1 Å². The number of carbonyl (C=O) groups is 1. The zero-order chi connectivity index (χ0) is 15.0. The summed E-state index contributed by atoms with van der Waals surface area (Å²) in [5, 5.41) is 8.02. The number of hydrogen-bond donors (Lipinski definition) is 1. The first-order valence-electron chi connectivity index (χ1n) is 6.21. The molecule has 0 aliphatic rings. The van der Waals surface area contributed by atoms with E-state index in [1.807, 2.05) is 0 Å². The van der Waals surface area contributed by atoms with Gasteiger partial charge >= 0.3 is 5.97 Å². The number of carboxylic acids is 1. The normalized spacial score (nSPS) is 17.3. The maximum absolute atomic E-state index is 10.4. The van der Waals surface area contributed by atoms with E-state index in [1.54, 1.807) is 0 Å². The largest absolute Gasteiger partial charge is 0.482 e. The number of hydrogen-bond acceptors (Lipinski definition) is 2. The summed E-state index contributed by atoms with van der Waals surface area (Å²) >= 11 is 5.61. The minimum atomic E-state index is -2.81. The van der Waals surface area contributed by atoms with Crippen LogP contribution in [0.4, 0.5) is 0 Å². The predicted molar refractivity (Wildman–Crippen MR) is 49.3 cm³/mol. The fraction of sp³-hybridized carbons (Fsp3) is 0.222. The minimum absolute atomic E-state index is 0.487. The Morgan fingerprint density at radius 1 is 1.85 bits per heavy atom. The van der Waals surface area contributed by atoms with Crippen LogP contribution in [-0.2, 0) is 4.79 Å². The fourth-order valence-corrected chi connectivity index (χ4v) is 0.756. The lowest BCUT2D eigenvalue weighted by atomic mass is 10.2. The van der Waals surface area contributed by atoms with Gasteiger partial charge in [-0.25, -0.2) is 4.79 Å². The Labute approximate surface area is 89.3 Å². The summed E-state index contributed by atoms with van der Waals surface area (Å²) in [6, 6.07) is -1.91. The van der Waals surface area contributed by atoms with Crippen LogP contribution in [0.2, 0.25) is 5.02 Å². The van der Waals surface area contributed by atoms with Crippen LogP contribution in [0.25, 0.3) is 0 Å². The first-order chi connectivity index (χ1) is 8.57. The Kier molecular flexibility index (Phi) is 1.38. The number of ether oxygens (including phenoxy) is 1. The number of aliphatic carboxylic acids is 1. The fourth-order valence-electron chi connectivity index (χ4n) is 0.614. The zero-order valence-corrected chi connectivity index (χ0v) is 7.10. The molecule has 0 fully saturated rings. The molecule has 1 aromatic carbocycles. The maximum atomic E-state index is 10.4. The molecule has 0 radical (unpaired) electrons. The summed E-state index contributed by atoms with van der Waals surface area (Å²) in [5.74, 6) is -1.99. The van der Waals surface area contributed by atoms with Crippen molar-refractivity contribution in [1.29, 1.82) is 0 Å². The molecule has 4 heteroatoms. The smallest absolute Gasteiger partial charge is 0.341 e. The van der Waals surface area contributed by atoms with Gasteiger partial charge in [0.05, 0.1) is 4.11 Å². The molecule has 0 saturated heterocycles. The van der Waals surface area contributed by atoms with Crippen molar-refractivity contribution in [1.82, 2.24) is 0 Å². The number of halogens is 1. The SMILES string of the molecule is [2H]c1c([2H])c(OCC(=O)O)c(C([2H])([2H])[2H])c([2H])c1Cl. The molecule has 0 heterocycles. The van der Waals surface area contributed by atoms with Gasteiger partial charge in [-0.05, 0) is 30.5 Å². The molecule has 13 heavy (non-hydrogen) atoms. The maximum Gasteiger partial charge on any atom is 0.341 e. The second-order valence-corrected chi connectivity index (χ2v) is 2.45. The molecule has 0 saturated carbocycles. The quantitative estimate of drug-likeness (QED) is 0.824. The second kappa shape index (κ2) is 4.14. The molecule has 0 spiro atoms. The van der Waals surface area contributed by atoms with E-state index < -0.39 is 53.9 Å². The van der Waals surface area contributed by atoms with Gasteiger partial charge in [-0.1, -0.05) is 11.6 Å². The molecule has 0 amide bonds. The van der Waals surface area contributed by atoms with Crippen LogP contribution in [-0.4, -0.2) is 17.7 Å². The first kappa shape index (κ1) is 4.33. The number of carboxylic acid groups (broad SMARTS) is 1. The Balaban J connectivity index is 3.53. The van der Waals surface area contributed by atoms with Gasteiger partial charge in [0.25, 0.3) is 0 Å². The molecule has 0 unspecified atom stereocenters. The molecule has 0 aromatic heterocycles. The monoisotopic (exact) mass is 206 g/mol. The van der Waals surface area contributed by atoms with E-state index in [1.165, 1.54) is 0 Å². The highest BCUT2D eigenvalue weighted by Crippen LogP contribution is 2.21. The zero-order valence-electron chi connectivity index (χ0n) is 12.3. The molecule has 0 bridgehead atoms. The van der Waals surface area contributed by atoms with Crippen molar-refractivity contribution in [3.63, 3.8) is 0 Å². The van der Waals surface area contributed by atoms with Crippen molar-refractivity contribution in [2.45, 2.75) is 6.85 Å². The summed E-state index contributed by atoms with van der Waals surface area (Å²) in [7, 11) is 0. The molecule has 1 aromatic rings. The van der Waals surface area contributed by atoms with E-state index in [0.717, 1.165) is 0 Å². The van der Waals surface area contributed by atoms with E-state index in [-0.39, 0.29) is 0 Å². The van der Waals surface area contributed by atoms with Crippen LogP contribution in [0.5, 0.6) is 5.75 Å². The van der Waals surface area contributed by atoms with E-state index >= 15 is 0 Å². The molecular formula is C9H9ClO3. The Bertz CT molecular complexity index is 528. The highest BCUT2D eigenvalue weighted by Gasteiger charge is 2.02. The van der Waals surface area contributed by atoms with Crippen LogP contribution in [0.1, 0.15) is 13.8 Å². The Morgan fingerprint density at radius 2 is 2.62 bits per heavy atom. The average molecular weight is 207 g/mol. The molecule has 0 aliphatic carbocycles. The van der Waals surface area contributed by atoms with E-state index in [2.05, 4.69) is 0 Å². The van der Waals surface area contributed by atoms with Crippen molar-refractivity contribution in [2.75, 3.05) is 6.61 Å². The lowest BCUT2D eigenvalue weighted by Gasteiger charge is -2.06. The molecule has 1 N–H and O–H groups in total. The molecule has 70 valence electrons. The standard InChI is InChI=1S/C9H9ClO3/c1-6-4-7(10)2-3-8(6)13-5-9(11)12/h2-4H,5H2,1H3,(H,11,12)/i1D3,2D,3D,4D. The van der Waals surface area contributed by atoms with Crippen LogP contribution < -0.4 is 4.74 Å². The van der Waals surface area contributed by atoms with E-state index in [4.69, 9.17) is 29.7 Å². The highest BCUT2D eigenvalue weighted by atomic mass is 35.5. The first-order valence-corrected chi connectivity index (χ1v) is 3.59. The van der Waals surface area contributed by atoms with Crippen LogP contribution >= 0.6 is 11.6 Å². The summed E-state index contributed by atoms with van der Waals surface area (Å²) in [5.41, 5.74) is -0.667. The van der Waals surface area contributed by atoms with Crippen LogP contribution in [0.3, 0.4) is 0 Å². The summed E-state index contributed by atoms with van der Waals surface area (Å²) in [4.78, 5) is 10.4. The van der Waals surface area contributed by atoms with Gasteiger partial charge in [-0.3, -0.25) is 0 Å². The summed E-state index contributed by atoms with van der Waals surface area (Å²) in [6.07, 6.45) is 0. The van der Waals surface area contributed by atoms with Gasteiger partial charge in [-0.15, -0.1) is 0 Å². The predicted octanol–water partition coefficient (Wildman–Crippen LogP) is 2.11. The van der Waals surface area contributed by atoms with Crippen molar-refractivity contribution >= 4 is 17.6 Å². The summed E-state index contributed by atoms with van der Waals surface area (Å²) < 4.78 is 49.2. The van der Waals surface area contributed by atoms with E-state index in [9.17, 15) is 4.79 Å². The molecule has 1 rings (SSSR count). The van der Waals surface area contributed by atoms with Gasteiger partial charge in [-0.2, -0.15) is 0 Å². The minimum Gasteiger partial charge on any atom is -0.482 e. The van der Waals surface area contributed by atoms with Gasteiger partial charge in [0.1, 0.15) is 5.75 Å². The number of benzene rings is 1. The van der Waals surface area contributed by atoms with Gasteiger partial charge in [0.15, 0.2) is 6.61 Å². The lowest BCUT2D eigenvalue weighted by Crippen LogP contribution is -2.09. The lowest BCUT2D eigenvalue weighted by molar-refractivity contribution is -0.139. The molecular weight excluding hydrogens is 192 g/mol.